The summed E-state index contributed by atoms with van der Waals surface area (Å²) >= 11 is 0. The fourth-order valence-electron chi connectivity index (χ4n) is 2.90. The summed E-state index contributed by atoms with van der Waals surface area (Å²) in [6, 6.07) is 1.82. The molecule has 1 aliphatic rings. The molecule has 4 N–H and O–H groups in total. The van der Waals surface area contributed by atoms with Gasteiger partial charge in [0.2, 0.25) is 0 Å². The molecular formula is C18H28N4O5. The topological polar surface area (TPSA) is 126 Å². The van der Waals surface area contributed by atoms with Crippen LogP contribution in [0, 0.1) is 0 Å². The smallest absolute Gasteiger partial charge is 0.407 e. The lowest BCUT2D eigenvalue weighted by atomic mass is 10.0. The number of aromatic amines is 1. The SMILES string of the molecule is C=C(CCO)OCC(=O)Nc1cc(C2CC[C@@H](OC(=O)NC(C)C)C2)[nH]n1. The van der Waals surface area contributed by atoms with Crippen molar-refractivity contribution >= 4 is 17.8 Å². The van der Waals surface area contributed by atoms with Crippen molar-refractivity contribution in [1.82, 2.24) is 15.5 Å². The van der Waals surface area contributed by atoms with Crippen LogP contribution in [0.2, 0.25) is 0 Å². The largest absolute Gasteiger partial charge is 0.489 e. The number of hydrogen-bond donors (Lipinski definition) is 4. The van der Waals surface area contributed by atoms with E-state index in [2.05, 4.69) is 27.4 Å². The molecular weight excluding hydrogens is 352 g/mol. The molecule has 1 aliphatic carbocycles. The molecule has 0 radical (unpaired) electrons. The first-order valence-electron chi connectivity index (χ1n) is 9.11. The minimum absolute atomic E-state index is 0.0401. The van der Waals surface area contributed by atoms with E-state index in [-0.39, 0.29) is 37.2 Å². The molecule has 1 aromatic heterocycles. The molecule has 0 aliphatic heterocycles. The number of amides is 2. The van der Waals surface area contributed by atoms with Gasteiger partial charge < -0.3 is 25.2 Å². The van der Waals surface area contributed by atoms with E-state index in [9.17, 15) is 9.59 Å². The summed E-state index contributed by atoms with van der Waals surface area (Å²) in [7, 11) is 0. The zero-order chi connectivity index (χ0) is 19.8. The van der Waals surface area contributed by atoms with Crippen molar-refractivity contribution in [3.05, 3.63) is 24.1 Å². The molecule has 2 atom stereocenters. The number of aliphatic hydroxyl groups excluding tert-OH is 1. The fourth-order valence-corrected chi connectivity index (χ4v) is 2.90. The van der Waals surface area contributed by atoms with Crippen molar-refractivity contribution in [2.75, 3.05) is 18.5 Å². The molecule has 9 heteroatoms. The van der Waals surface area contributed by atoms with E-state index in [4.69, 9.17) is 14.6 Å². The Hall–Kier alpha value is -2.55. The number of alkyl carbamates (subject to hydrolysis) is 1. The minimum atomic E-state index is -0.393. The molecule has 1 saturated carbocycles. The van der Waals surface area contributed by atoms with Crippen LogP contribution in [0.3, 0.4) is 0 Å². The molecule has 1 fully saturated rings. The normalized spacial score (nSPS) is 19.0. The molecule has 1 aromatic rings. The zero-order valence-electron chi connectivity index (χ0n) is 15.8. The molecule has 2 amide bonds. The van der Waals surface area contributed by atoms with Gasteiger partial charge in [-0.05, 0) is 33.1 Å². The Kier molecular flexibility index (Phi) is 7.66. The van der Waals surface area contributed by atoms with Crippen LogP contribution in [-0.2, 0) is 14.3 Å². The van der Waals surface area contributed by atoms with E-state index in [1.807, 2.05) is 13.8 Å². The van der Waals surface area contributed by atoms with Crippen LogP contribution < -0.4 is 10.6 Å². The minimum Gasteiger partial charge on any atom is -0.489 e. The Balaban J connectivity index is 1.78. The molecule has 0 bridgehead atoms. The molecule has 9 nitrogen and oxygen atoms in total. The summed E-state index contributed by atoms with van der Waals surface area (Å²) in [5.41, 5.74) is 0.895. The Morgan fingerprint density at radius 3 is 2.93 bits per heavy atom. The van der Waals surface area contributed by atoms with Gasteiger partial charge in [-0.2, -0.15) is 5.10 Å². The highest BCUT2D eigenvalue weighted by atomic mass is 16.6. The number of aliphatic hydroxyl groups is 1. The molecule has 0 aromatic carbocycles. The fraction of sp³-hybridized carbons (Fsp3) is 0.611. The second-order valence-electron chi connectivity index (χ2n) is 6.89. The van der Waals surface area contributed by atoms with Crippen LogP contribution in [0.25, 0.3) is 0 Å². The van der Waals surface area contributed by atoms with Crippen molar-refractivity contribution in [2.45, 2.75) is 57.6 Å². The highest BCUT2D eigenvalue weighted by molar-refractivity contribution is 5.90. The summed E-state index contributed by atoms with van der Waals surface area (Å²) in [6.07, 6.45) is 2.15. The monoisotopic (exact) mass is 380 g/mol. The molecule has 0 spiro atoms. The summed E-state index contributed by atoms with van der Waals surface area (Å²) < 4.78 is 10.6. The number of anilines is 1. The average molecular weight is 380 g/mol. The van der Waals surface area contributed by atoms with Gasteiger partial charge in [0.15, 0.2) is 12.4 Å². The number of carbonyl (C=O) groups is 2. The number of nitrogens with one attached hydrogen (secondary N) is 3. The second-order valence-corrected chi connectivity index (χ2v) is 6.89. The Morgan fingerprint density at radius 1 is 1.44 bits per heavy atom. The lowest BCUT2D eigenvalue weighted by Crippen LogP contribution is -2.33. The van der Waals surface area contributed by atoms with Crippen molar-refractivity contribution < 1.29 is 24.2 Å². The predicted octanol–water partition coefficient (Wildman–Crippen LogP) is 2.03. The van der Waals surface area contributed by atoms with E-state index in [1.165, 1.54) is 0 Å². The van der Waals surface area contributed by atoms with E-state index < -0.39 is 6.09 Å². The van der Waals surface area contributed by atoms with Crippen LogP contribution in [-0.4, -0.2) is 52.7 Å². The third kappa shape index (κ3) is 6.93. The third-order valence-electron chi connectivity index (χ3n) is 4.17. The van der Waals surface area contributed by atoms with Gasteiger partial charge in [0.1, 0.15) is 6.10 Å². The van der Waals surface area contributed by atoms with Gasteiger partial charge in [-0.1, -0.05) is 6.58 Å². The van der Waals surface area contributed by atoms with E-state index in [0.717, 1.165) is 18.5 Å². The molecule has 1 unspecified atom stereocenters. The van der Waals surface area contributed by atoms with Crippen LogP contribution in [0.4, 0.5) is 10.6 Å². The highest BCUT2D eigenvalue weighted by Gasteiger charge is 2.30. The van der Waals surface area contributed by atoms with Crippen molar-refractivity contribution in [3.63, 3.8) is 0 Å². The first-order chi connectivity index (χ1) is 12.9. The molecule has 150 valence electrons. The number of H-pyrrole nitrogens is 1. The summed E-state index contributed by atoms with van der Waals surface area (Å²) in [5, 5.41) is 21.1. The predicted molar refractivity (Wildman–Crippen MR) is 99.1 cm³/mol. The van der Waals surface area contributed by atoms with Gasteiger partial charge in [0.05, 0.1) is 12.4 Å². The lowest BCUT2D eigenvalue weighted by Gasteiger charge is -2.14. The molecule has 1 heterocycles. The summed E-state index contributed by atoms with van der Waals surface area (Å²) in [4.78, 5) is 23.6. The Morgan fingerprint density at radius 2 is 2.22 bits per heavy atom. The van der Waals surface area contributed by atoms with E-state index >= 15 is 0 Å². The number of hydrogen-bond acceptors (Lipinski definition) is 6. The van der Waals surface area contributed by atoms with Crippen LogP contribution >= 0.6 is 0 Å². The maximum Gasteiger partial charge on any atom is 0.407 e. The Bertz CT molecular complexity index is 658. The van der Waals surface area contributed by atoms with Crippen molar-refractivity contribution in [3.8, 4) is 0 Å². The van der Waals surface area contributed by atoms with Crippen LogP contribution in [0.15, 0.2) is 18.4 Å². The summed E-state index contributed by atoms with van der Waals surface area (Å²) in [6.45, 7) is 7.10. The summed E-state index contributed by atoms with van der Waals surface area (Å²) in [5.74, 6) is 0.605. The third-order valence-corrected chi connectivity index (χ3v) is 4.17. The van der Waals surface area contributed by atoms with Gasteiger partial charge in [0.25, 0.3) is 5.91 Å². The van der Waals surface area contributed by atoms with Gasteiger partial charge in [-0.25, -0.2) is 4.79 Å². The zero-order valence-corrected chi connectivity index (χ0v) is 15.8. The van der Waals surface area contributed by atoms with Gasteiger partial charge in [-0.3, -0.25) is 9.89 Å². The van der Waals surface area contributed by atoms with Crippen LogP contribution in [0.1, 0.15) is 51.1 Å². The number of nitrogens with zero attached hydrogens (tertiary/aromatic N) is 1. The van der Waals surface area contributed by atoms with E-state index in [1.54, 1.807) is 6.07 Å². The van der Waals surface area contributed by atoms with E-state index in [0.29, 0.717) is 24.4 Å². The average Bonchev–Trinajstić information content (AvgIpc) is 3.22. The van der Waals surface area contributed by atoms with Gasteiger partial charge >= 0.3 is 6.09 Å². The van der Waals surface area contributed by atoms with Gasteiger partial charge in [0, 0.05) is 30.1 Å². The lowest BCUT2D eigenvalue weighted by molar-refractivity contribution is -0.119. The standard InChI is InChI=1S/C18H28N4O5/c1-11(2)19-18(25)27-14-5-4-13(8-14)15-9-16(22-21-15)20-17(24)10-26-12(3)6-7-23/h9,11,13-14,23H,3-8,10H2,1-2H3,(H,19,25)(H2,20,21,22,24)/t13?,14-/m1/s1. The first kappa shape index (κ1) is 20.8. The number of aromatic nitrogens is 2. The van der Waals surface area contributed by atoms with Crippen molar-refractivity contribution in [2.24, 2.45) is 0 Å². The number of rotatable bonds is 9. The second kappa shape index (κ2) is 9.96. The first-order valence-corrected chi connectivity index (χ1v) is 9.11. The highest BCUT2D eigenvalue weighted by Crippen LogP contribution is 2.35. The van der Waals surface area contributed by atoms with Crippen molar-refractivity contribution in [1.29, 1.82) is 0 Å². The van der Waals surface area contributed by atoms with Gasteiger partial charge in [-0.15, -0.1) is 0 Å². The van der Waals surface area contributed by atoms with Crippen LogP contribution in [0.5, 0.6) is 0 Å². The maximum absolute atomic E-state index is 11.9. The molecule has 0 saturated heterocycles. The maximum atomic E-state index is 11.9. The quantitative estimate of drug-likeness (QED) is 0.486. The Labute approximate surface area is 158 Å². The number of carbonyl (C=O) groups excluding carboxylic acids is 2. The number of ether oxygens (including phenoxy) is 2. The molecule has 27 heavy (non-hydrogen) atoms. The molecule has 2 rings (SSSR count).